The average Bonchev–Trinajstić information content (AvgIpc) is 2.87. The van der Waals surface area contributed by atoms with Gasteiger partial charge in [-0.05, 0) is 25.8 Å². The van der Waals surface area contributed by atoms with Crippen LogP contribution in [0.15, 0.2) is 10.6 Å². The summed E-state index contributed by atoms with van der Waals surface area (Å²) in [5, 5.41) is 3.16. The second kappa shape index (κ2) is 6.61. The van der Waals surface area contributed by atoms with Crippen molar-refractivity contribution in [3.63, 3.8) is 0 Å². The average molecular weight is 290 g/mol. The van der Waals surface area contributed by atoms with Gasteiger partial charge < -0.3 is 9.73 Å². The smallest absolute Gasteiger partial charge is 0.391 e. The Morgan fingerprint density at radius 1 is 1.40 bits per heavy atom. The van der Waals surface area contributed by atoms with E-state index in [2.05, 4.69) is 10.3 Å². The molecule has 1 aromatic heterocycles. The van der Waals surface area contributed by atoms with Gasteiger partial charge in [-0.3, -0.25) is 0 Å². The fourth-order valence-electron chi connectivity index (χ4n) is 2.75. The van der Waals surface area contributed by atoms with Gasteiger partial charge in [0.25, 0.3) is 0 Å². The summed E-state index contributed by atoms with van der Waals surface area (Å²) in [4.78, 5) is 4.16. The van der Waals surface area contributed by atoms with Crippen LogP contribution in [0.25, 0.3) is 0 Å². The van der Waals surface area contributed by atoms with Crippen LogP contribution in [0, 0.1) is 5.92 Å². The van der Waals surface area contributed by atoms with Crippen molar-refractivity contribution in [1.82, 2.24) is 10.3 Å². The Kier molecular flexibility index (Phi) is 5.07. The Balaban J connectivity index is 1.94. The predicted octanol–water partition coefficient (Wildman–Crippen LogP) is 3.66. The Morgan fingerprint density at radius 2 is 2.20 bits per heavy atom. The predicted molar refractivity (Wildman–Crippen MR) is 69.5 cm³/mol. The molecule has 2 unspecified atom stereocenters. The summed E-state index contributed by atoms with van der Waals surface area (Å²) in [6, 6.07) is 0. The van der Waals surface area contributed by atoms with Gasteiger partial charge in [0.1, 0.15) is 5.76 Å². The first kappa shape index (κ1) is 15.4. The van der Waals surface area contributed by atoms with E-state index in [0.717, 1.165) is 19.5 Å². The molecule has 1 saturated carbocycles. The number of rotatable bonds is 5. The lowest BCUT2D eigenvalue weighted by Crippen LogP contribution is -2.27. The van der Waals surface area contributed by atoms with E-state index in [1.165, 1.54) is 0 Å². The highest BCUT2D eigenvalue weighted by atomic mass is 19.4. The monoisotopic (exact) mass is 290 g/mol. The summed E-state index contributed by atoms with van der Waals surface area (Å²) < 4.78 is 44.0. The molecule has 1 N–H and O–H groups in total. The molecule has 0 radical (unpaired) electrons. The molecule has 0 spiro atoms. The Labute approximate surface area is 117 Å². The maximum atomic E-state index is 12.8. The molecule has 3 nitrogen and oxygen atoms in total. The van der Waals surface area contributed by atoms with Crippen LogP contribution >= 0.6 is 0 Å². The van der Waals surface area contributed by atoms with Crippen LogP contribution in [0.5, 0.6) is 0 Å². The van der Waals surface area contributed by atoms with Crippen molar-refractivity contribution in [3.8, 4) is 0 Å². The Morgan fingerprint density at radius 3 is 2.90 bits per heavy atom. The lowest BCUT2D eigenvalue weighted by atomic mass is 9.80. The normalized spacial score (nSPS) is 24.0. The van der Waals surface area contributed by atoms with Gasteiger partial charge in [0.2, 0.25) is 0 Å². The molecular weight excluding hydrogens is 269 g/mol. The van der Waals surface area contributed by atoms with Gasteiger partial charge in [-0.25, -0.2) is 4.98 Å². The largest absolute Gasteiger partial charge is 0.445 e. The van der Waals surface area contributed by atoms with E-state index in [9.17, 15) is 13.2 Å². The van der Waals surface area contributed by atoms with Gasteiger partial charge in [-0.1, -0.05) is 13.3 Å². The third kappa shape index (κ3) is 3.98. The molecule has 2 atom stereocenters. The van der Waals surface area contributed by atoms with Gasteiger partial charge >= 0.3 is 6.18 Å². The van der Waals surface area contributed by atoms with Gasteiger partial charge in [-0.15, -0.1) is 0 Å². The molecule has 1 aliphatic rings. The first-order valence-corrected chi connectivity index (χ1v) is 7.22. The van der Waals surface area contributed by atoms with Crippen LogP contribution in [0.4, 0.5) is 13.2 Å². The highest BCUT2D eigenvalue weighted by Gasteiger charge is 2.43. The van der Waals surface area contributed by atoms with E-state index in [1.54, 1.807) is 6.20 Å². The van der Waals surface area contributed by atoms with E-state index < -0.39 is 12.1 Å². The second-order valence-electron chi connectivity index (χ2n) is 5.36. The molecule has 0 saturated heterocycles. The van der Waals surface area contributed by atoms with Crippen LogP contribution in [0.1, 0.15) is 50.2 Å². The van der Waals surface area contributed by atoms with Crippen molar-refractivity contribution in [3.05, 3.63) is 17.8 Å². The van der Waals surface area contributed by atoms with Crippen LogP contribution in [-0.2, 0) is 6.42 Å². The Bertz CT molecular complexity index is 417. The summed E-state index contributed by atoms with van der Waals surface area (Å²) in [5.41, 5.74) is 0. The van der Waals surface area contributed by atoms with E-state index >= 15 is 0 Å². The van der Waals surface area contributed by atoms with Gasteiger partial charge in [0.05, 0.1) is 12.1 Å². The van der Waals surface area contributed by atoms with E-state index in [0.29, 0.717) is 24.5 Å². The number of alkyl halides is 3. The molecular formula is C14H21F3N2O. The van der Waals surface area contributed by atoms with Crippen LogP contribution < -0.4 is 5.32 Å². The summed E-state index contributed by atoms with van der Waals surface area (Å²) in [6.07, 6.45) is -0.0933. The first-order valence-electron chi connectivity index (χ1n) is 7.22. The zero-order chi connectivity index (χ0) is 14.6. The number of nitrogens with one attached hydrogen (secondary N) is 1. The number of aromatic nitrogens is 1. The molecule has 2 rings (SSSR count). The van der Waals surface area contributed by atoms with Crippen molar-refractivity contribution >= 4 is 0 Å². The topological polar surface area (TPSA) is 38.1 Å². The first-order chi connectivity index (χ1) is 9.50. The molecule has 1 heterocycles. The molecule has 114 valence electrons. The molecule has 1 aromatic rings. The molecule has 0 bridgehead atoms. The van der Waals surface area contributed by atoms with Crippen LogP contribution in [0.3, 0.4) is 0 Å². The maximum Gasteiger partial charge on any atom is 0.391 e. The summed E-state index contributed by atoms with van der Waals surface area (Å²) in [5.74, 6) is -0.118. The summed E-state index contributed by atoms with van der Waals surface area (Å²) >= 11 is 0. The quantitative estimate of drug-likeness (QED) is 0.841. The van der Waals surface area contributed by atoms with Gasteiger partial charge in [-0.2, -0.15) is 13.2 Å². The van der Waals surface area contributed by atoms with Crippen molar-refractivity contribution in [2.75, 3.05) is 13.1 Å². The number of likely N-dealkylation sites (N-methyl/N-ethyl adjacent to an activating group) is 1. The standard InChI is InChI=1S/C14H21F3N2O/c1-2-18-7-6-13-19-9-12(20-13)10-4-3-5-11(8-10)14(15,16)17/h9-11,18H,2-8H2,1H3. The lowest BCUT2D eigenvalue weighted by molar-refractivity contribution is -0.183. The van der Waals surface area contributed by atoms with E-state index in [4.69, 9.17) is 4.42 Å². The molecule has 0 amide bonds. The van der Waals surface area contributed by atoms with Crippen molar-refractivity contribution in [2.45, 2.75) is 51.1 Å². The zero-order valence-electron chi connectivity index (χ0n) is 11.7. The van der Waals surface area contributed by atoms with Gasteiger partial charge in [0, 0.05) is 18.9 Å². The van der Waals surface area contributed by atoms with Gasteiger partial charge in [0.15, 0.2) is 5.89 Å². The molecule has 0 aromatic carbocycles. The third-order valence-corrected chi connectivity index (χ3v) is 3.88. The minimum absolute atomic E-state index is 0.130. The minimum atomic E-state index is -4.09. The number of oxazole rings is 1. The Hall–Kier alpha value is -1.04. The van der Waals surface area contributed by atoms with Crippen molar-refractivity contribution in [2.24, 2.45) is 5.92 Å². The van der Waals surface area contributed by atoms with Crippen LogP contribution in [0.2, 0.25) is 0 Å². The SMILES string of the molecule is CCNCCc1ncc(C2CCCC(C(F)(F)F)C2)o1. The fourth-order valence-corrected chi connectivity index (χ4v) is 2.75. The number of hydrogen-bond acceptors (Lipinski definition) is 3. The number of hydrogen-bond donors (Lipinski definition) is 1. The number of halogens is 3. The molecule has 1 aliphatic carbocycles. The fraction of sp³-hybridized carbons (Fsp3) is 0.786. The maximum absolute atomic E-state index is 12.8. The lowest BCUT2D eigenvalue weighted by Gasteiger charge is -2.29. The van der Waals surface area contributed by atoms with Crippen molar-refractivity contribution < 1.29 is 17.6 Å². The van der Waals surface area contributed by atoms with Crippen molar-refractivity contribution in [1.29, 1.82) is 0 Å². The number of nitrogens with zero attached hydrogens (tertiary/aromatic N) is 1. The highest BCUT2D eigenvalue weighted by molar-refractivity contribution is 5.04. The third-order valence-electron chi connectivity index (χ3n) is 3.88. The minimum Gasteiger partial charge on any atom is -0.445 e. The zero-order valence-corrected chi connectivity index (χ0v) is 11.7. The molecule has 1 fully saturated rings. The summed E-state index contributed by atoms with van der Waals surface area (Å²) in [7, 11) is 0. The van der Waals surface area contributed by atoms with E-state index in [-0.39, 0.29) is 18.8 Å². The highest BCUT2D eigenvalue weighted by Crippen LogP contribution is 2.43. The molecule has 0 aliphatic heterocycles. The van der Waals surface area contributed by atoms with E-state index in [1.807, 2.05) is 6.92 Å². The summed E-state index contributed by atoms with van der Waals surface area (Å²) in [6.45, 7) is 3.66. The molecule has 20 heavy (non-hydrogen) atoms. The molecule has 6 heteroatoms. The van der Waals surface area contributed by atoms with Crippen LogP contribution in [-0.4, -0.2) is 24.2 Å². The second-order valence-corrected chi connectivity index (χ2v) is 5.36.